The SMILES string of the molecule is O=C(Cc1cc(-c2ccncc2)n[nH]1)Nc1ccc(-c2nc3c(N4CCOCC4)nccc3[nH]2)cc1. The Hall–Kier alpha value is -4.57. The number of aromatic nitrogens is 6. The molecule has 0 saturated carbocycles. The van der Waals surface area contributed by atoms with Crippen LogP contribution in [0.4, 0.5) is 11.5 Å². The first-order chi connectivity index (χ1) is 17.7. The molecule has 1 amide bonds. The second kappa shape index (κ2) is 9.59. The number of pyridine rings is 2. The molecule has 0 radical (unpaired) electrons. The number of amides is 1. The fourth-order valence-corrected chi connectivity index (χ4v) is 4.28. The van der Waals surface area contributed by atoms with Crippen LogP contribution in [0.15, 0.2) is 67.1 Å². The van der Waals surface area contributed by atoms with Gasteiger partial charge in [-0.05, 0) is 48.5 Å². The Morgan fingerprint density at radius 3 is 2.61 bits per heavy atom. The van der Waals surface area contributed by atoms with Crippen LogP contribution in [0.3, 0.4) is 0 Å². The molecule has 1 aromatic carbocycles. The zero-order valence-electron chi connectivity index (χ0n) is 19.4. The summed E-state index contributed by atoms with van der Waals surface area (Å²) in [6.07, 6.45) is 5.42. The number of hydrogen-bond acceptors (Lipinski definition) is 7. The molecule has 5 aromatic rings. The number of imidazole rings is 1. The van der Waals surface area contributed by atoms with Gasteiger partial charge in [0.2, 0.25) is 5.91 Å². The predicted octanol–water partition coefficient (Wildman–Crippen LogP) is 3.43. The highest BCUT2D eigenvalue weighted by molar-refractivity contribution is 5.93. The maximum Gasteiger partial charge on any atom is 0.230 e. The van der Waals surface area contributed by atoms with E-state index < -0.39 is 0 Å². The Morgan fingerprint density at radius 2 is 1.81 bits per heavy atom. The summed E-state index contributed by atoms with van der Waals surface area (Å²) in [6.45, 7) is 2.97. The number of hydrogen-bond donors (Lipinski definition) is 3. The van der Waals surface area contributed by atoms with Crippen molar-refractivity contribution in [1.82, 2.24) is 30.1 Å². The normalized spacial score (nSPS) is 13.7. The first-order valence-electron chi connectivity index (χ1n) is 11.8. The average Bonchev–Trinajstić information content (AvgIpc) is 3.57. The van der Waals surface area contributed by atoms with Crippen molar-refractivity contribution >= 4 is 28.4 Å². The zero-order chi connectivity index (χ0) is 24.3. The minimum absolute atomic E-state index is 0.127. The van der Waals surface area contributed by atoms with Gasteiger partial charge in [0.15, 0.2) is 5.82 Å². The molecule has 1 aliphatic rings. The summed E-state index contributed by atoms with van der Waals surface area (Å²) < 4.78 is 5.46. The van der Waals surface area contributed by atoms with Crippen LogP contribution in [-0.2, 0) is 16.0 Å². The van der Waals surface area contributed by atoms with Crippen molar-refractivity contribution in [3.63, 3.8) is 0 Å². The Labute approximate surface area is 206 Å². The largest absolute Gasteiger partial charge is 0.378 e. The lowest BCUT2D eigenvalue weighted by atomic mass is 10.1. The maximum atomic E-state index is 12.6. The number of rotatable bonds is 6. The summed E-state index contributed by atoms with van der Waals surface area (Å²) in [5, 5.41) is 10.2. The van der Waals surface area contributed by atoms with Crippen molar-refractivity contribution in [3.8, 4) is 22.6 Å². The van der Waals surface area contributed by atoms with Gasteiger partial charge >= 0.3 is 0 Å². The van der Waals surface area contributed by atoms with Gasteiger partial charge in [0.25, 0.3) is 0 Å². The van der Waals surface area contributed by atoms with Crippen LogP contribution in [0.1, 0.15) is 5.69 Å². The van der Waals surface area contributed by atoms with Crippen molar-refractivity contribution in [2.24, 2.45) is 0 Å². The predicted molar refractivity (Wildman–Crippen MR) is 137 cm³/mol. The Balaban J connectivity index is 1.14. The highest BCUT2D eigenvalue weighted by atomic mass is 16.5. The molecule has 10 heteroatoms. The van der Waals surface area contributed by atoms with Crippen LogP contribution in [0, 0.1) is 0 Å². The van der Waals surface area contributed by atoms with Crippen molar-refractivity contribution in [1.29, 1.82) is 0 Å². The minimum atomic E-state index is -0.127. The van der Waals surface area contributed by atoms with Crippen molar-refractivity contribution < 1.29 is 9.53 Å². The van der Waals surface area contributed by atoms with E-state index in [1.54, 1.807) is 18.6 Å². The Kier molecular flexibility index (Phi) is 5.84. The van der Waals surface area contributed by atoms with E-state index in [-0.39, 0.29) is 12.3 Å². The smallest absolute Gasteiger partial charge is 0.230 e. The number of nitrogens with zero attached hydrogens (tertiary/aromatic N) is 5. The number of carbonyl (C=O) groups excluding carboxylic acids is 1. The summed E-state index contributed by atoms with van der Waals surface area (Å²) in [7, 11) is 0. The number of carbonyl (C=O) groups is 1. The molecule has 0 atom stereocenters. The molecule has 0 bridgehead atoms. The van der Waals surface area contributed by atoms with E-state index >= 15 is 0 Å². The molecule has 0 aliphatic carbocycles. The highest BCUT2D eigenvalue weighted by Crippen LogP contribution is 2.27. The van der Waals surface area contributed by atoms with Crippen LogP contribution in [0.5, 0.6) is 0 Å². The second-order valence-corrected chi connectivity index (χ2v) is 8.53. The average molecular weight is 481 g/mol. The van der Waals surface area contributed by atoms with Gasteiger partial charge in [-0.1, -0.05) is 0 Å². The zero-order valence-corrected chi connectivity index (χ0v) is 19.4. The van der Waals surface area contributed by atoms with E-state index in [0.717, 1.165) is 58.3 Å². The first kappa shape index (κ1) is 21.9. The molecule has 3 N–H and O–H groups in total. The van der Waals surface area contributed by atoms with Gasteiger partial charge in [-0.2, -0.15) is 5.10 Å². The monoisotopic (exact) mass is 480 g/mol. The fourth-order valence-electron chi connectivity index (χ4n) is 4.28. The highest BCUT2D eigenvalue weighted by Gasteiger charge is 2.18. The van der Waals surface area contributed by atoms with Crippen molar-refractivity contribution in [2.75, 3.05) is 36.5 Å². The molecule has 0 unspecified atom stereocenters. The molecule has 4 aromatic heterocycles. The van der Waals surface area contributed by atoms with Crippen LogP contribution in [0.25, 0.3) is 33.7 Å². The van der Waals surface area contributed by atoms with Gasteiger partial charge in [0.05, 0.1) is 30.8 Å². The molecule has 6 rings (SSSR count). The van der Waals surface area contributed by atoms with Crippen LogP contribution >= 0.6 is 0 Å². The number of benzene rings is 1. The molecule has 1 fully saturated rings. The molecular formula is C26H24N8O2. The lowest BCUT2D eigenvalue weighted by Gasteiger charge is -2.27. The topological polar surface area (TPSA) is 125 Å². The second-order valence-electron chi connectivity index (χ2n) is 8.53. The molecule has 0 spiro atoms. The fraction of sp³-hybridized carbons (Fsp3) is 0.192. The van der Waals surface area contributed by atoms with Crippen LogP contribution in [0.2, 0.25) is 0 Å². The molecule has 10 nitrogen and oxygen atoms in total. The molecule has 1 saturated heterocycles. The van der Waals surface area contributed by atoms with E-state index in [1.165, 1.54) is 0 Å². The number of H-pyrrole nitrogens is 2. The minimum Gasteiger partial charge on any atom is -0.378 e. The third-order valence-corrected chi connectivity index (χ3v) is 6.09. The number of morpholine rings is 1. The lowest BCUT2D eigenvalue weighted by molar-refractivity contribution is -0.115. The van der Waals surface area contributed by atoms with Gasteiger partial charge < -0.3 is 19.9 Å². The van der Waals surface area contributed by atoms with Gasteiger partial charge in [-0.3, -0.25) is 14.9 Å². The summed E-state index contributed by atoms with van der Waals surface area (Å²) >= 11 is 0. The number of fused-ring (bicyclic) bond motifs is 1. The molecule has 36 heavy (non-hydrogen) atoms. The molecule has 180 valence electrons. The van der Waals surface area contributed by atoms with Gasteiger partial charge in [-0.15, -0.1) is 0 Å². The van der Waals surface area contributed by atoms with E-state index in [0.29, 0.717) is 18.9 Å². The summed E-state index contributed by atoms with van der Waals surface area (Å²) in [5.41, 5.74) is 5.88. The third kappa shape index (κ3) is 4.53. The molecular weight excluding hydrogens is 456 g/mol. The molecule has 1 aliphatic heterocycles. The van der Waals surface area contributed by atoms with Gasteiger partial charge in [0, 0.05) is 54.2 Å². The summed E-state index contributed by atoms with van der Waals surface area (Å²) in [6, 6.07) is 15.2. The lowest BCUT2D eigenvalue weighted by Crippen LogP contribution is -2.36. The van der Waals surface area contributed by atoms with E-state index in [1.807, 2.05) is 48.5 Å². The van der Waals surface area contributed by atoms with E-state index in [2.05, 4.69) is 35.4 Å². The first-order valence-corrected chi connectivity index (χ1v) is 11.8. The number of nitrogens with one attached hydrogen (secondary N) is 3. The molecule has 5 heterocycles. The standard InChI is InChI=1S/C26H24N8O2/c35-23(16-20-15-22(33-32-20)17-5-8-27-9-6-17)29-19-3-1-18(2-4-19)25-30-21-7-10-28-26(24(21)31-25)34-11-13-36-14-12-34/h1-10,15H,11-14,16H2,(H,29,35)(H,30,31)(H,32,33). The summed E-state index contributed by atoms with van der Waals surface area (Å²) in [5.74, 6) is 1.50. The number of ether oxygens (including phenoxy) is 1. The van der Waals surface area contributed by atoms with Gasteiger partial charge in [-0.25, -0.2) is 9.97 Å². The van der Waals surface area contributed by atoms with E-state index in [4.69, 9.17) is 9.72 Å². The van der Waals surface area contributed by atoms with E-state index in [9.17, 15) is 4.79 Å². The van der Waals surface area contributed by atoms with Crippen LogP contribution < -0.4 is 10.2 Å². The quantitative estimate of drug-likeness (QED) is 0.340. The Bertz CT molecular complexity index is 1490. The summed E-state index contributed by atoms with van der Waals surface area (Å²) in [4.78, 5) is 31.6. The number of aromatic amines is 2. The van der Waals surface area contributed by atoms with Crippen LogP contribution in [-0.4, -0.2) is 62.3 Å². The maximum absolute atomic E-state index is 12.6. The Morgan fingerprint density at radius 1 is 1.00 bits per heavy atom. The third-order valence-electron chi connectivity index (χ3n) is 6.09. The van der Waals surface area contributed by atoms with Crippen molar-refractivity contribution in [3.05, 3.63) is 72.8 Å². The number of anilines is 2. The van der Waals surface area contributed by atoms with Gasteiger partial charge in [0.1, 0.15) is 11.3 Å². The van der Waals surface area contributed by atoms with Crippen molar-refractivity contribution in [2.45, 2.75) is 6.42 Å².